The first kappa shape index (κ1) is 14.5. The Labute approximate surface area is 116 Å². The van der Waals surface area contributed by atoms with Crippen LogP contribution in [0.5, 0.6) is 0 Å². The first-order chi connectivity index (χ1) is 9.52. The van der Waals surface area contributed by atoms with Gasteiger partial charge in [-0.15, -0.1) is 0 Å². The van der Waals surface area contributed by atoms with E-state index >= 15 is 0 Å². The van der Waals surface area contributed by atoms with E-state index in [1.807, 2.05) is 0 Å². The summed E-state index contributed by atoms with van der Waals surface area (Å²) in [4.78, 5) is 23.3. The smallest absolute Gasteiger partial charge is 0.305 e. The van der Waals surface area contributed by atoms with Gasteiger partial charge in [0.1, 0.15) is 6.04 Å². The maximum absolute atomic E-state index is 12.3. The first-order valence-electron chi connectivity index (χ1n) is 6.63. The lowest BCUT2D eigenvalue weighted by molar-refractivity contribution is -0.140. The second-order valence-electron chi connectivity index (χ2n) is 5.11. The predicted molar refractivity (Wildman–Crippen MR) is 70.1 cm³/mol. The summed E-state index contributed by atoms with van der Waals surface area (Å²) in [7, 11) is 0. The molecule has 1 aliphatic rings. The van der Waals surface area contributed by atoms with Crippen LogP contribution in [-0.4, -0.2) is 45.5 Å². The van der Waals surface area contributed by atoms with Crippen molar-refractivity contribution >= 4 is 11.9 Å². The molecule has 1 aromatic rings. The van der Waals surface area contributed by atoms with E-state index in [1.54, 1.807) is 30.1 Å². The van der Waals surface area contributed by atoms with Crippen molar-refractivity contribution in [1.82, 2.24) is 15.1 Å². The van der Waals surface area contributed by atoms with Crippen LogP contribution in [0.15, 0.2) is 18.5 Å². The fraction of sp³-hybridized carbons (Fsp3) is 0.615. The SMILES string of the molecule is CC(C(=O)NC1(CC(=O)O)CCOCC1)n1cccn1. The van der Waals surface area contributed by atoms with Gasteiger partial charge in [0.25, 0.3) is 0 Å². The van der Waals surface area contributed by atoms with E-state index in [1.165, 1.54) is 0 Å². The fourth-order valence-corrected chi connectivity index (χ4v) is 2.39. The fourth-order valence-electron chi connectivity index (χ4n) is 2.39. The second kappa shape index (κ2) is 6.04. The highest BCUT2D eigenvalue weighted by atomic mass is 16.5. The van der Waals surface area contributed by atoms with E-state index in [4.69, 9.17) is 9.84 Å². The number of carbonyl (C=O) groups excluding carboxylic acids is 1. The van der Waals surface area contributed by atoms with Gasteiger partial charge in [0.2, 0.25) is 5.91 Å². The van der Waals surface area contributed by atoms with Crippen molar-refractivity contribution in [2.45, 2.75) is 37.8 Å². The molecule has 1 atom stereocenters. The largest absolute Gasteiger partial charge is 0.481 e. The van der Waals surface area contributed by atoms with E-state index in [2.05, 4.69) is 10.4 Å². The van der Waals surface area contributed by atoms with Gasteiger partial charge in [-0.1, -0.05) is 0 Å². The number of hydrogen-bond acceptors (Lipinski definition) is 4. The third-order valence-electron chi connectivity index (χ3n) is 3.63. The number of nitrogens with one attached hydrogen (secondary N) is 1. The summed E-state index contributed by atoms with van der Waals surface area (Å²) in [6.07, 6.45) is 4.24. The van der Waals surface area contributed by atoms with E-state index < -0.39 is 17.6 Å². The summed E-state index contributed by atoms with van der Waals surface area (Å²) in [6.45, 7) is 2.66. The summed E-state index contributed by atoms with van der Waals surface area (Å²) in [5.41, 5.74) is -0.720. The highest BCUT2D eigenvalue weighted by molar-refractivity contribution is 5.81. The Morgan fingerprint density at radius 1 is 1.50 bits per heavy atom. The van der Waals surface area contributed by atoms with Crippen LogP contribution in [0, 0.1) is 0 Å². The van der Waals surface area contributed by atoms with Crippen molar-refractivity contribution in [2.75, 3.05) is 13.2 Å². The van der Waals surface area contributed by atoms with E-state index in [-0.39, 0.29) is 12.3 Å². The summed E-state index contributed by atoms with van der Waals surface area (Å²) >= 11 is 0. The molecule has 0 radical (unpaired) electrons. The topological polar surface area (TPSA) is 93.5 Å². The molecule has 0 spiro atoms. The Morgan fingerprint density at radius 3 is 2.75 bits per heavy atom. The van der Waals surface area contributed by atoms with Crippen molar-refractivity contribution in [3.05, 3.63) is 18.5 Å². The number of carbonyl (C=O) groups is 2. The predicted octanol–water partition coefficient (Wildman–Crippen LogP) is 0.584. The Bertz CT molecular complexity index is 466. The second-order valence-corrected chi connectivity index (χ2v) is 5.11. The number of carboxylic acid groups (broad SMARTS) is 1. The van der Waals surface area contributed by atoms with E-state index in [0.717, 1.165) is 0 Å². The minimum absolute atomic E-state index is 0.0894. The molecule has 1 aliphatic heterocycles. The van der Waals surface area contributed by atoms with Crippen molar-refractivity contribution in [3.8, 4) is 0 Å². The number of nitrogens with zero attached hydrogens (tertiary/aromatic N) is 2. The van der Waals surface area contributed by atoms with Gasteiger partial charge in [-0.2, -0.15) is 5.10 Å². The standard InChI is InChI=1S/C13H19N3O4/c1-10(16-6-2-5-14-16)12(19)15-13(9-11(17)18)3-7-20-8-4-13/h2,5-6,10H,3-4,7-9H2,1H3,(H,15,19)(H,17,18). The van der Waals surface area contributed by atoms with Crippen molar-refractivity contribution in [3.63, 3.8) is 0 Å². The van der Waals surface area contributed by atoms with Crippen LogP contribution in [0.3, 0.4) is 0 Å². The van der Waals surface area contributed by atoms with Crippen molar-refractivity contribution < 1.29 is 19.4 Å². The number of ether oxygens (including phenoxy) is 1. The Morgan fingerprint density at radius 2 is 2.20 bits per heavy atom. The summed E-state index contributed by atoms with van der Waals surface area (Å²) in [5, 5.41) is 16.0. The maximum atomic E-state index is 12.3. The average molecular weight is 281 g/mol. The van der Waals surface area contributed by atoms with Gasteiger partial charge in [0.15, 0.2) is 0 Å². The van der Waals surface area contributed by atoms with Crippen LogP contribution in [-0.2, 0) is 14.3 Å². The molecule has 2 rings (SSSR count). The third kappa shape index (κ3) is 3.36. The molecule has 1 unspecified atom stereocenters. The van der Waals surface area contributed by atoms with Crippen LogP contribution in [0.4, 0.5) is 0 Å². The Hall–Kier alpha value is -1.89. The number of rotatable bonds is 5. The molecule has 2 N–H and O–H groups in total. The van der Waals surface area contributed by atoms with Gasteiger partial charge in [-0.25, -0.2) is 0 Å². The zero-order valence-corrected chi connectivity index (χ0v) is 11.4. The third-order valence-corrected chi connectivity index (χ3v) is 3.63. The quantitative estimate of drug-likeness (QED) is 0.823. The lowest BCUT2D eigenvalue weighted by Crippen LogP contribution is -2.54. The minimum Gasteiger partial charge on any atom is -0.481 e. The Balaban J connectivity index is 2.07. The molecule has 0 aliphatic carbocycles. The molecule has 110 valence electrons. The molecule has 20 heavy (non-hydrogen) atoms. The molecule has 1 aromatic heterocycles. The molecule has 7 heteroatoms. The van der Waals surface area contributed by atoms with E-state index in [9.17, 15) is 9.59 Å². The first-order valence-corrected chi connectivity index (χ1v) is 6.63. The van der Waals surface area contributed by atoms with Crippen LogP contribution in [0.25, 0.3) is 0 Å². The minimum atomic E-state index is -0.918. The normalized spacial score (nSPS) is 19.2. The number of hydrogen-bond donors (Lipinski definition) is 2. The zero-order chi connectivity index (χ0) is 14.6. The monoisotopic (exact) mass is 281 g/mol. The summed E-state index contributed by atoms with van der Waals surface area (Å²) < 4.78 is 6.80. The molecule has 0 bridgehead atoms. The summed E-state index contributed by atoms with van der Waals surface area (Å²) in [6, 6.07) is 1.27. The van der Waals surface area contributed by atoms with Crippen LogP contribution >= 0.6 is 0 Å². The molecule has 1 amide bonds. The molecular formula is C13H19N3O4. The lowest BCUT2D eigenvalue weighted by atomic mass is 9.86. The molecule has 1 fully saturated rings. The van der Waals surface area contributed by atoms with Crippen LogP contribution in [0.1, 0.15) is 32.2 Å². The number of aromatic nitrogens is 2. The number of carboxylic acids is 1. The molecular weight excluding hydrogens is 262 g/mol. The van der Waals surface area contributed by atoms with Crippen LogP contribution < -0.4 is 5.32 Å². The van der Waals surface area contributed by atoms with Gasteiger partial charge in [-0.05, 0) is 25.8 Å². The van der Waals surface area contributed by atoms with Crippen molar-refractivity contribution in [1.29, 1.82) is 0 Å². The molecule has 2 heterocycles. The molecule has 1 saturated heterocycles. The average Bonchev–Trinajstić information content (AvgIpc) is 2.91. The van der Waals surface area contributed by atoms with Gasteiger partial charge in [-0.3, -0.25) is 14.3 Å². The van der Waals surface area contributed by atoms with Gasteiger partial charge in [0.05, 0.1) is 12.0 Å². The van der Waals surface area contributed by atoms with Gasteiger partial charge < -0.3 is 15.2 Å². The maximum Gasteiger partial charge on any atom is 0.305 e. The summed E-state index contributed by atoms with van der Waals surface area (Å²) in [5.74, 6) is -1.14. The molecule has 0 saturated carbocycles. The molecule has 7 nitrogen and oxygen atoms in total. The molecule has 0 aromatic carbocycles. The van der Waals surface area contributed by atoms with Gasteiger partial charge >= 0.3 is 5.97 Å². The van der Waals surface area contributed by atoms with E-state index in [0.29, 0.717) is 26.1 Å². The highest BCUT2D eigenvalue weighted by Gasteiger charge is 2.37. The lowest BCUT2D eigenvalue weighted by Gasteiger charge is -2.37. The highest BCUT2D eigenvalue weighted by Crippen LogP contribution is 2.25. The van der Waals surface area contributed by atoms with Crippen molar-refractivity contribution in [2.24, 2.45) is 0 Å². The zero-order valence-electron chi connectivity index (χ0n) is 11.4. The van der Waals surface area contributed by atoms with Gasteiger partial charge in [0, 0.05) is 25.6 Å². The van der Waals surface area contributed by atoms with Crippen LogP contribution in [0.2, 0.25) is 0 Å². The number of amides is 1. The Kier molecular flexibility index (Phi) is 4.39. The number of aliphatic carboxylic acids is 1.